The van der Waals surface area contributed by atoms with Crippen LogP contribution < -0.4 is 0 Å². The van der Waals surface area contributed by atoms with Crippen LogP contribution in [0.4, 0.5) is 0 Å². The number of hydrogen-bond acceptors (Lipinski definition) is 0. The molecule has 0 heterocycles. The molecule has 0 N–H and O–H groups in total. The zero-order chi connectivity index (χ0) is 8.23. The Bertz CT molecular complexity index is 190. The minimum Gasteiger partial charge on any atom is -0.0798 e. The van der Waals surface area contributed by atoms with Crippen molar-refractivity contribution >= 4 is 0 Å². The molecule has 0 heteroatoms. The van der Waals surface area contributed by atoms with Crippen LogP contribution in [-0.2, 0) is 0 Å². The third-order valence-electron chi connectivity index (χ3n) is 3.02. The van der Waals surface area contributed by atoms with E-state index in [0.29, 0.717) is 0 Å². The van der Waals surface area contributed by atoms with Crippen molar-refractivity contribution in [2.45, 2.75) is 44.9 Å². The molecule has 1 radical (unpaired) electrons. The van der Waals surface area contributed by atoms with Gasteiger partial charge in [0.25, 0.3) is 0 Å². The lowest BCUT2D eigenvalue weighted by atomic mass is 9.92. The topological polar surface area (TPSA) is 0 Å². The molecule has 1 saturated carbocycles. The van der Waals surface area contributed by atoms with Gasteiger partial charge in [0.1, 0.15) is 0 Å². The van der Waals surface area contributed by atoms with Gasteiger partial charge in [-0.2, -0.15) is 0 Å². The molecule has 0 aromatic heterocycles. The van der Waals surface area contributed by atoms with E-state index < -0.39 is 0 Å². The predicted molar refractivity (Wildman–Crippen MR) is 51.7 cm³/mol. The quantitative estimate of drug-likeness (QED) is 0.515. The highest BCUT2D eigenvalue weighted by atomic mass is 14.2. The zero-order valence-electron chi connectivity index (χ0n) is 7.68. The van der Waals surface area contributed by atoms with Gasteiger partial charge in [-0.05, 0) is 36.8 Å². The zero-order valence-corrected chi connectivity index (χ0v) is 7.68. The van der Waals surface area contributed by atoms with Gasteiger partial charge in [0, 0.05) is 0 Å². The molecule has 0 atom stereocenters. The van der Waals surface area contributed by atoms with Gasteiger partial charge in [0.05, 0.1) is 0 Å². The van der Waals surface area contributed by atoms with Crippen LogP contribution in [-0.4, -0.2) is 0 Å². The molecule has 0 bridgehead atoms. The third kappa shape index (κ3) is 1.80. The van der Waals surface area contributed by atoms with Crippen LogP contribution in [0.1, 0.15) is 44.9 Å². The molecule has 2 rings (SSSR count). The predicted octanol–water partition coefficient (Wildman–Crippen LogP) is 3.65. The van der Waals surface area contributed by atoms with Gasteiger partial charge in [0.15, 0.2) is 0 Å². The first kappa shape index (κ1) is 8.10. The lowest BCUT2D eigenvalue weighted by Crippen LogP contribution is -1.99. The molecule has 0 aliphatic heterocycles. The van der Waals surface area contributed by atoms with Crippen molar-refractivity contribution in [2.24, 2.45) is 5.92 Å². The molecule has 0 unspecified atom stereocenters. The first-order valence-electron chi connectivity index (χ1n) is 5.24. The monoisotopic (exact) mass is 161 g/mol. The number of allylic oxidation sites excluding steroid dienone is 4. The van der Waals surface area contributed by atoms with Crippen LogP contribution in [0.3, 0.4) is 0 Å². The van der Waals surface area contributed by atoms with E-state index in [1.165, 1.54) is 44.1 Å². The average Bonchev–Trinajstić information content (AvgIpc) is 2.48. The number of hydrogen-bond donors (Lipinski definition) is 0. The van der Waals surface area contributed by atoms with Crippen LogP contribution in [0.5, 0.6) is 0 Å². The number of rotatable bonds is 1. The van der Waals surface area contributed by atoms with Gasteiger partial charge < -0.3 is 0 Å². The summed E-state index contributed by atoms with van der Waals surface area (Å²) in [6, 6.07) is 0. The van der Waals surface area contributed by atoms with Gasteiger partial charge >= 0.3 is 0 Å². The highest BCUT2D eigenvalue weighted by Gasteiger charge is 2.15. The van der Waals surface area contributed by atoms with Crippen molar-refractivity contribution in [1.82, 2.24) is 0 Å². The van der Waals surface area contributed by atoms with Crippen molar-refractivity contribution in [2.75, 3.05) is 0 Å². The minimum atomic E-state index is 0.853. The SMILES string of the molecule is [C]1=C(C2CCCCCC2)C=CC1. The van der Waals surface area contributed by atoms with Crippen LogP contribution >= 0.6 is 0 Å². The van der Waals surface area contributed by atoms with Gasteiger partial charge in [-0.3, -0.25) is 0 Å². The first-order valence-corrected chi connectivity index (χ1v) is 5.24. The largest absolute Gasteiger partial charge is 0.0798 e. The molecule has 0 amide bonds. The van der Waals surface area contributed by atoms with Crippen molar-refractivity contribution in [1.29, 1.82) is 0 Å². The van der Waals surface area contributed by atoms with E-state index >= 15 is 0 Å². The van der Waals surface area contributed by atoms with E-state index in [9.17, 15) is 0 Å². The molecule has 0 spiro atoms. The molecule has 0 aromatic carbocycles. The fraction of sp³-hybridized carbons (Fsp3) is 0.667. The lowest BCUT2D eigenvalue weighted by molar-refractivity contribution is 0.539. The fourth-order valence-corrected chi connectivity index (χ4v) is 2.29. The second-order valence-corrected chi connectivity index (χ2v) is 3.93. The molecule has 1 fully saturated rings. The van der Waals surface area contributed by atoms with Crippen LogP contribution in [0.15, 0.2) is 17.7 Å². The Labute approximate surface area is 75.4 Å². The Hall–Kier alpha value is -0.520. The smallest absolute Gasteiger partial charge is 0.00884 e. The Morgan fingerprint density at radius 3 is 2.42 bits per heavy atom. The highest BCUT2D eigenvalue weighted by Crippen LogP contribution is 2.30. The average molecular weight is 161 g/mol. The summed E-state index contributed by atoms with van der Waals surface area (Å²) in [6.45, 7) is 0. The maximum atomic E-state index is 3.46. The van der Waals surface area contributed by atoms with Crippen molar-refractivity contribution in [3.8, 4) is 0 Å². The molecule has 0 aromatic rings. The summed E-state index contributed by atoms with van der Waals surface area (Å²) in [5.41, 5.74) is 1.51. The highest BCUT2D eigenvalue weighted by molar-refractivity contribution is 5.25. The van der Waals surface area contributed by atoms with Gasteiger partial charge in [-0.15, -0.1) is 0 Å². The molecular formula is C12H17. The second-order valence-electron chi connectivity index (χ2n) is 3.93. The summed E-state index contributed by atoms with van der Waals surface area (Å²) < 4.78 is 0. The van der Waals surface area contributed by atoms with Gasteiger partial charge in [-0.1, -0.05) is 37.8 Å². The van der Waals surface area contributed by atoms with E-state index in [4.69, 9.17) is 0 Å². The molecule has 2 aliphatic rings. The molecule has 0 nitrogen and oxygen atoms in total. The maximum Gasteiger partial charge on any atom is -0.00884 e. The summed E-state index contributed by atoms with van der Waals surface area (Å²) in [5.74, 6) is 0.853. The van der Waals surface area contributed by atoms with E-state index in [-0.39, 0.29) is 0 Å². The summed E-state index contributed by atoms with van der Waals surface area (Å²) in [5, 5.41) is 0. The lowest BCUT2D eigenvalue weighted by Gasteiger charge is -2.13. The Kier molecular flexibility index (Phi) is 2.65. The summed E-state index contributed by atoms with van der Waals surface area (Å²) in [4.78, 5) is 0. The normalized spacial score (nSPS) is 25.5. The Morgan fingerprint density at radius 2 is 1.83 bits per heavy atom. The van der Waals surface area contributed by atoms with Crippen molar-refractivity contribution < 1.29 is 0 Å². The molecule has 12 heavy (non-hydrogen) atoms. The van der Waals surface area contributed by atoms with E-state index in [1.54, 1.807) is 0 Å². The van der Waals surface area contributed by atoms with Gasteiger partial charge in [0.2, 0.25) is 0 Å². The standard InChI is InChI=1S/C12H17/c1-2-4-8-11(7-3-1)12-9-5-6-10-12/h5,9,11H,1-4,6-8H2. The minimum absolute atomic E-state index is 0.853. The molecule has 2 aliphatic carbocycles. The van der Waals surface area contributed by atoms with E-state index in [1.807, 2.05) is 0 Å². The van der Waals surface area contributed by atoms with Crippen molar-refractivity contribution in [3.05, 3.63) is 23.8 Å². The second kappa shape index (κ2) is 3.93. The van der Waals surface area contributed by atoms with Crippen LogP contribution in [0.25, 0.3) is 0 Å². The third-order valence-corrected chi connectivity index (χ3v) is 3.02. The summed E-state index contributed by atoms with van der Waals surface area (Å²) in [6.07, 6.45) is 17.6. The van der Waals surface area contributed by atoms with Crippen molar-refractivity contribution in [3.63, 3.8) is 0 Å². The fourth-order valence-electron chi connectivity index (χ4n) is 2.29. The van der Waals surface area contributed by atoms with Crippen LogP contribution in [0, 0.1) is 12.0 Å². The van der Waals surface area contributed by atoms with Gasteiger partial charge in [-0.25, -0.2) is 0 Å². The summed E-state index contributed by atoms with van der Waals surface area (Å²) in [7, 11) is 0. The Morgan fingerprint density at radius 1 is 1.08 bits per heavy atom. The summed E-state index contributed by atoms with van der Waals surface area (Å²) >= 11 is 0. The first-order chi connectivity index (χ1) is 5.97. The van der Waals surface area contributed by atoms with E-state index in [2.05, 4.69) is 18.2 Å². The van der Waals surface area contributed by atoms with E-state index in [0.717, 1.165) is 12.3 Å². The Balaban J connectivity index is 1.96. The molecule has 65 valence electrons. The maximum absolute atomic E-state index is 3.46. The molecule has 0 saturated heterocycles. The molecular weight excluding hydrogens is 144 g/mol. The van der Waals surface area contributed by atoms with Crippen LogP contribution in [0.2, 0.25) is 0 Å².